The zero-order valence-corrected chi connectivity index (χ0v) is 17.4. The van der Waals surface area contributed by atoms with Gasteiger partial charge in [-0.25, -0.2) is 22.2 Å². The molecule has 0 aliphatic carbocycles. The average Bonchev–Trinajstić information content (AvgIpc) is 3.09. The number of methoxy groups -OCH3 is 1. The van der Waals surface area contributed by atoms with E-state index in [0.717, 1.165) is 3.97 Å². The van der Waals surface area contributed by atoms with E-state index in [9.17, 15) is 13.2 Å². The highest BCUT2D eigenvalue weighted by atomic mass is 32.2. The summed E-state index contributed by atoms with van der Waals surface area (Å²) < 4.78 is 37.5. The van der Waals surface area contributed by atoms with E-state index >= 15 is 0 Å². The Morgan fingerprint density at radius 2 is 1.93 bits per heavy atom. The summed E-state index contributed by atoms with van der Waals surface area (Å²) in [5.74, 6) is -0.0131. The number of ether oxygens (including phenoxy) is 2. The van der Waals surface area contributed by atoms with Gasteiger partial charge in [-0.15, -0.1) is 0 Å². The molecule has 0 saturated heterocycles. The van der Waals surface area contributed by atoms with Gasteiger partial charge >= 0.3 is 5.97 Å². The Morgan fingerprint density at radius 1 is 1.17 bits per heavy atom. The normalized spacial score (nSPS) is 12.4. The standard InChI is InChI=1S/C21H22N2O5S/c1-21(2,3)28-19(24)9-8-15-12-16-10-11-23(20(16)22-14-15)29(25,26)18-7-5-6-17(13-18)27-4/h5-14H,1-4H3. The molecule has 0 radical (unpaired) electrons. The highest BCUT2D eigenvalue weighted by Gasteiger charge is 2.20. The van der Waals surface area contributed by atoms with E-state index in [0.29, 0.717) is 22.3 Å². The summed E-state index contributed by atoms with van der Waals surface area (Å²) in [5, 5.41) is 0.628. The molecule has 7 nitrogen and oxygen atoms in total. The van der Waals surface area contributed by atoms with Crippen LogP contribution in [0.5, 0.6) is 5.75 Å². The van der Waals surface area contributed by atoms with Gasteiger partial charge in [0.2, 0.25) is 0 Å². The van der Waals surface area contributed by atoms with E-state index in [1.807, 2.05) is 0 Å². The number of carbonyl (C=O) groups excluding carboxylic acids is 1. The Balaban J connectivity index is 1.92. The number of aromatic nitrogens is 2. The number of pyridine rings is 1. The van der Waals surface area contributed by atoms with Gasteiger partial charge in [0.15, 0.2) is 5.65 Å². The van der Waals surface area contributed by atoms with Gasteiger partial charge in [0.1, 0.15) is 11.4 Å². The van der Waals surface area contributed by atoms with E-state index in [1.54, 1.807) is 51.1 Å². The van der Waals surface area contributed by atoms with Crippen LogP contribution in [0.3, 0.4) is 0 Å². The minimum atomic E-state index is -3.83. The Bertz CT molecular complexity index is 1190. The van der Waals surface area contributed by atoms with Crippen LogP contribution in [0, 0.1) is 0 Å². The lowest BCUT2D eigenvalue weighted by atomic mass is 10.2. The summed E-state index contributed by atoms with van der Waals surface area (Å²) in [4.78, 5) is 16.2. The predicted molar refractivity (Wildman–Crippen MR) is 110 cm³/mol. The topological polar surface area (TPSA) is 87.5 Å². The first-order valence-electron chi connectivity index (χ1n) is 8.88. The van der Waals surface area contributed by atoms with Gasteiger partial charge in [-0.1, -0.05) is 6.07 Å². The van der Waals surface area contributed by atoms with Crippen molar-refractivity contribution in [2.75, 3.05) is 7.11 Å². The van der Waals surface area contributed by atoms with Crippen LogP contribution in [0.4, 0.5) is 0 Å². The van der Waals surface area contributed by atoms with Crippen molar-refractivity contribution in [1.29, 1.82) is 0 Å². The van der Waals surface area contributed by atoms with Crippen molar-refractivity contribution in [3.8, 4) is 5.75 Å². The number of benzene rings is 1. The molecule has 0 amide bonds. The molecule has 0 unspecified atom stereocenters. The van der Waals surface area contributed by atoms with E-state index in [-0.39, 0.29) is 4.90 Å². The highest BCUT2D eigenvalue weighted by Crippen LogP contribution is 2.24. The molecule has 0 fully saturated rings. The molecule has 3 rings (SSSR count). The summed E-state index contributed by atoms with van der Waals surface area (Å²) in [6.07, 6.45) is 5.85. The summed E-state index contributed by atoms with van der Waals surface area (Å²) in [7, 11) is -2.35. The largest absolute Gasteiger partial charge is 0.497 e. The van der Waals surface area contributed by atoms with Crippen LogP contribution < -0.4 is 4.74 Å². The molecular formula is C21H22N2O5S. The third-order valence-corrected chi connectivity index (χ3v) is 5.59. The van der Waals surface area contributed by atoms with Crippen LogP contribution in [0.1, 0.15) is 26.3 Å². The second-order valence-corrected chi connectivity index (χ2v) is 9.16. The fraction of sp³-hybridized carbons (Fsp3) is 0.238. The maximum atomic E-state index is 13.0. The molecule has 0 aliphatic heterocycles. The van der Waals surface area contributed by atoms with Crippen molar-refractivity contribution in [2.45, 2.75) is 31.3 Å². The van der Waals surface area contributed by atoms with Crippen molar-refractivity contribution in [3.05, 3.63) is 60.4 Å². The molecule has 2 heterocycles. The van der Waals surface area contributed by atoms with Gasteiger partial charge in [-0.2, -0.15) is 0 Å². The van der Waals surface area contributed by atoms with Crippen LogP contribution in [0.15, 0.2) is 59.8 Å². The number of esters is 1. The van der Waals surface area contributed by atoms with Crippen molar-refractivity contribution in [2.24, 2.45) is 0 Å². The summed E-state index contributed by atoms with van der Waals surface area (Å²) in [5.41, 5.74) is 0.372. The Morgan fingerprint density at radius 3 is 2.62 bits per heavy atom. The third-order valence-electron chi connectivity index (χ3n) is 3.93. The first-order valence-corrected chi connectivity index (χ1v) is 10.3. The Labute approximate surface area is 169 Å². The van der Waals surface area contributed by atoms with Crippen LogP contribution in [-0.2, 0) is 19.6 Å². The quantitative estimate of drug-likeness (QED) is 0.468. The fourth-order valence-electron chi connectivity index (χ4n) is 2.68. The molecule has 8 heteroatoms. The van der Waals surface area contributed by atoms with Gasteiger partial charge in [0.25, 0.3) is 10.0 Å². The summed E-state index contributed by atoms with van der Waals surface area (Å²) in [6.45, 7) is 5.37. The summed E-state index contributed by atoms with van der Waals surface area (Å²) >= 11 is 0. The van der Waals surface area contributed by atoms with E-state index in [4.69, 9.17) is 9.47 Å². The molecule has 152 valence electrons. The molecule has 1 aromatic carbocycles. The second kappa shape index (κ2) is 7.71. The SMILES string of the molecule is COc1cccc(S(=O)(=O)n2ccc3cc(C=CC(=O)OC(C)(C)C)cnc32)c1. The van der Waals surface area contributed by atoms with Gasteiger partial charge in [0, 0.05) is 29.9 Å². The lowest BCUT2D eigenvalue weighted by Crippen LogP contribution is -2.22. The lowest BCUT2D eigenvalue weighted by molar-refractivity contribution is -0.148. The van der Waals surface area contributed by atoms with Gasteiger partial charge in [-0.3, -0.25) is 0 Å². The third kappa shape index (κ3) is 4.65. The van der Waals surface area contributed by atoms with E-state index in [2.05, 4.69) is 4.98 Å². The predicted octanol–water partition coefficient (Wildman–Crippen LogP) is 3.64. The van der Waals surface area contributed by atoms with Crippen LogP contribution in [0.25, 0.3) is 17.1 Å². The number of rotatable bonds is 5. The molecule has 0 aliphatic rings. The lowest BCUT2D eigenvalue weighted by Gasteiger charge is -2.17. The van der Waals surface area contributed by atoms with Crippen LogP contribution in [0.2, 0.25) is 0 Å². The Kier molecular flexibility index (Phi) is 5.48. The first kappa shape index (κ1) is 20.6. The van der Waals surface area contributed by atoms with Crippen molar-refractivity contribution in [1.82, 2.24) is 8.96 Å². The molecule has 0 spiro atoms. The number of hydrogen-bond donors (Lipinski definition) is 0. The Hall–Kier alpha value is -3.13. The molecule has 0 atom stereocenters. The van der Waals surface area contributed by atoms with Crippen molar-refractivity contribution in [3.63, 3.8) is 0 Å². The minimum absolute atomic E-state index is 0.102. The second-order valence-electron chi connectivity index (χ2n) is 7.34. The first-order chi connectivity index (χ1) is 13.6. The zero-order chi connectivity index (χ0) is 21.2. The fourth-order valence-corrected chi connectivity index (χ4v) is 4.02. The minimum Gasteiger partial charge on any atom is -0.497 e. The van der Waals surface area contributed by atoms with Crippen LogP contribution >= 0.6 is 0 Å². The molecule has 2 aromatic heterocycles. The monoisotopic (exact) mass is 414 g/mol. The van der Waals surface area contributed by atoms with Crippen molar-refractivity contribution < 1.29 is 22.7 Å². The van der Waals surface area contributed by atoms with Crippen molar-refractivity contribution >= 4 is 33.1 Å². The number of nitrogens with zero attached hydrogens (tertiary/aromatic N) is 2. The average molecular weight is 414 g/mol. The summed E-state index contributed by atoms with van der Waals surface area (Å²) in [6, 6.07) is 9.66. The molecule has 0 N–H and O–H groups in total. The number of carbonyl (C=O) groups is 1. The molecule has 0 saturated carbocycles. The maximum Gasteiger partial charge on any atom is 0.331 e. The smallest absolute Gasteiger partial charge is 0.331 e. The maximum absolute atomic E-state index is 13.0. The van der Waals surface area contributed by atoms with E-state index < -0.39 is 21.6 Å². The molecule has 0 bridgehead atoms. The van der Waals surface area contributed by atoms with E-state index in [1.165, 1.54) is 37.7 Å². The molecule has 3 aromatic rings. The van der Waals surface area contributed by atoms with Gasteiger partial charge in [0.05, 0.1) is 12.0 Å². The van der Waals surface area contributed by atoms with Crippen LogP contribution in [-0.4, -0.2) is 36.1 Å². The molecule has 29 heavy (non-hydrogen) atoms. The molecular weight excluding hydrogens is 392 g/mol. The van der Waals surface area contributed by atoms with Gasteiger partial charge in [-0.05, 0) is 56.7 Å². The number of fused-ring (bicyclic) bond motifs is 1. The number of hydrogen-bond acceptors (Lipinski definition) is 6. The zero-order valence-electron chi connectivity index (χ0n) is 16.6. The highest BCUT2D eigenvalue weighted by molar-refractivity contribution is 7.90. The van der Waals surface area contributed by atoms with Gasteiger partial charge < -0.3 is 9.47 Å².